The summed E-state index contributed by atoms with van der Waals surface area (Å²) in [5, 5.41) is 3.36. The molecular formula is C20H19ClN2O3. The van der Waals surface area contributed by atoms with E-state index in [1.807, 2.05) is 32.0 Å². The summed E-state index contributed by atoms with van der Waals surface area (Å²) >= 11 is 6.08. The molecule has 0 bridgehead atoms. The summed E-state index contributed by atoms with van der Waals surface area (Å²) in [6.07, 6.45) is 0. The first-order valence-corrected chi connectivity index (χ1v) is 8.78. The fourth-order valence-electron chi connectivity index (χ4n) is 2.88. The topological polar surface area (TPSA) is 66.5 Å². The van der Waals surface area contributed by atoms with E-state index in [2.05, 4.69) is 5.32 Å². The SMILES string of the molecule is CC(C)CN1C(=O)c2ccc(C(=O)NCc3ccccc3Cl)cc2C1=O. The molecule has 0 spiro atoms. The van der Waals surface area contributed by atoms with Crippen LogP contribution in [0, 0.1) is 5.92 Å². The van der Waals surface area contributed by atoms with Crippen LogP contribution in [0.1, 0.15) is 50.5 Å². The molecule has 1 aliphatic rings. The van der Waals surface area contributed by atoms with Crippen LogP contribution in [0.25, 0.3) is 0 Å². The van der Waals surface area contributed by atoms with Gasteiger partial charge in [-0.15, -0.1) is 0 Å². The Labute approximate surface area is 156 Å². The van der Waals surface area contributed by atoms with Gasteiger partial charge in [-0.1, -0.05) is 43.6 Å². The van der Waals surface area contributed by atoms with Crippen molar-refractivity contribution in [3.63, 3.8) is 0 Å². The molecule has 0 fully saturated rings. The van der Waals surface area contributed by atoms with Crippen LogP contribution in [0.2, 0.25) is 5.02 Å². The van der Waals surface area contributed by atoms with E-state index in [0.29, 0.717) is 22.7 Å². The maximum absolute atomic E-state index is 12.5. The first-order valence-electron chi connectivity index (χ1n) is 8.40. The van der Waals surface area contributed by atoms with E-state index in [1.165, 1.54) is 11.0 Å². The summed E-state index contributed by atoms with van der Waals surface area (Å²) in [7, 11) is 0. The molecule has 0 aliphatic carbocycles. The minimum Gasteiger partial charge on any atom is -0.348 e. The van der Waals surface area contributed by atoms with Gasteiger partial charge >= 0.3 is 0 Å². The number of benzene rings is 2. The molecule has 2 aromatic carbocycles. The van der Waals surface area contributed by atoms with E-state index < -0.39 is 0 Å². The number of nitrogens with one attached hydrogen (secondary N) is 1. The van der Waals surface area contributed by atoms with Gasteiger partial charge in [-0.25, -0.2) is 0 Å². The average Bonchev–Trinajstić information content (AvgIpc) is 2.85. The molecule has 0 saturated carbocycles. The molecule has 0 saturated heterocycles. The fraction of sp³-hybridized carbons (Fsp3) is 0.250. The maximum Gasteiger partial charge on any atom is 0.261 e. The van der Waals surface area contributed by atoms with E-state index in [0.717, 1.165) is 5.56 Å². The van der Waals surface area contributed by atoms with Crippen molar-refractivity contribution in [2.24, 2.45) is 5.92 Å². The molecule has 3 rings (SSSR count). The predicted molar refractivity (Wildman–Crippen MR) is 99.3 cm³/mol. The highest BCUT2D eigenvalue weighted by Gasteiger charge is 2.36. The van der Waals surface area contributed by atoms with E-state index in [1.54, 1.807) is 18.2 Å². The number of carbonyl (C=O) groups is 3. The largest absolute Gasteiger partial charge is 0.348 e. The van der Waals surface area contributed by atoms with Gasteiger partial charge in [0.1, 0.15) is 0 Å². The van der Waals surface area contributed by atoms with Gasteiger partial charge in [0.25, 0.3) is 17.7 Å². The average molecular weight is 371 g/mol. The molecule has 3 amide bonds. The van der Waals surface area contributed by atoms with Crippen LogP contribution in [0.5, 0.6) is 0 Å². The van der Waals surface area contributed by atoms with Gasteiger partial charge in [-0.05, 0) is 35.7 Å². The van der Waals surface area contributed by atoms with Crippen LogP contribution in [0.15, 0.2) is 42.5 Å². The second-order valence-corrected chi connectivity index (χ2v) is 7.06. The zero-order valence-electron chi connectivity index (χ0n) is 14.6. The van der Waals surface area contributed by atoms with Gasteiger partial charge in [0.05, 0.1) is 11.1 Å². The lowest BCUT2D eigenvalue weighted by Crippen LogP contribution is -2.33. The predicted octanol–water partition coefficient (Wildman–Crippen LogP) is 3.52. The second kappa shape index (κ2) is 7.30. The summed E-state index contributed by atoms with van der Waals surface area (Å²) < 4.78 is 0. The molecule has 0 atom stereocenters. The number of nitrogens with zero attached hydrogens (tertiary/aromatic N) is 1. The third kappa shape index (κ3) is 3.48. The van der Waals surface area contributed by atoms with Crippen LogP contribution in [0.3, 0.4) is 0 Å². The van der Waals surface area contributed by atoms with Crippen molar-refractivity contribution in [1.29, 1.82) is 0 Å². The van der Waals surface area contributed by atoms with Crippen molar-refractivity contribution >= 4 is 29.3 Å². The minimum atomic E-state index is -0.348. The Bertz CT molecular complexity index is 892. The molecule has 1 aliphatic heterocycles. The molecule has 2 aromatic rings. The normalized spacial score (nSPS) is 13.3. The van der Waals surface area contributed by atoms with E-state index in [-0.39, 0.29) is 35.7 Å². The number of fused-ring (bicyclic) bond motifs is 1. The van der Waals surface area contributed by atoms with Crippen molar-refractivity contribution in [1.82, 2.24) is 10.2 Å². The molecule has 1 N–H and O–H groups in total. The van der Waals surface area contributed by atoms with Gasteiger partial charge < -0.3 is 5.32 Å². The van der Waals surface area contributed by atoms with Crippen molar-refractivity contribution < 1.29 is 14.4 Å². The fourth-order valence-corrected chi connectivity index (χ4v) is 3.08. The Balaban J connectivity index is 1.77. The monoisotopic (exact) mass is 370 g/mol. The molecular weight excluding hydrogens is 352 g/mol. The molecule has 1 heterocycles. The van der Waals surface area contributed by atoms with E-state index in [9.17, 15) is 14.4 Å². The number of rotatable bonds is 5. The Morgan fingerprint density at radius 2 is 1.77 bits per heavy atom. The van der Waals surface area contributed by atoms with Gasteiger partial charge in [0.15, 0.2) is 0 Å². The van der Waals surface area contributed by atoms with Crippen LogP contribution in [-0.2, 0) is 6.54 Å². The zero-order valence-corrected chi connectivity index (χ0v) is 15.3. The van der Waals surface area contributed by atoms with Crippen LogP contribution < -0.4 is 5.32 Å². The number of carbonyl (C=O) groups excluding carboxylic acids is 3. The second-order valence-electron chi connectivity index (χ2n) is 6.65. The highest BCUT2D eigenvalue weighted by atomic mass is 35.5. The number of amides is 3. The quantitative estimate of drug-likeness (QED) is 0.819. The smallest absolute Gasteiger partial charge is 0.261 e. The molecule has 0 unspecified atom stereocenters. The maximum atomic E-state index is 12.5. The summed E-state index contributed by atoms with van der Waals surface area (Å²) in [6, 6.07) is 11.8. The number of halogens is 1. The lowest BCUT2D eigenvalue weighted by molar-refractivity contribution is 0.0636. The van der Waals surface area contributed by atoms with Crippen molar-refractivity contribution in [2.75, 3.05) is 6.54 Å². The van der Waals surface area contributed by atoms with Crippen molar-refractivity contribution in [3.05, 3.63) is 69.7 Å². The van der Waals surface area contributed by atoms with Crippen molar-refractivity contribution in [3.8, 4) is 0 Å². The first-order chi connectivity index (χ1) is 12.4. The molecule has 0 radical (unpaired) electrons. The molecule has 5 nitrogen and oxygen atoms in total. The highest BCUT2D eigenvalue weighted by molar-refractivity contribution is 6.31. The van der Waals surface area contributed by atoms with E-state index in [4.69, 9.17) is 11.6 Å². The first kappa shape index (κ1) is 18.1. The molecule has 6 heteroatoms. The molecule has 134 valence electrons. The minimum absolute atomic E-state index is 0.176. The van der Waals surface area contributed by atoms with Crippen LogP contribution >= 0.6 is 11.6 Å². The standard InChI is InChI=1S/C20H19ClN2O3/c1-12(2)11-23-19(25)15-8-7-13(9-16(15)20(23)26)18(24)22-10-14-5-3-4-6-17(14)21/h3-9,12H,10-11H2,1-2H3,(H,22,24). The number of hydrogen-bond donors (Lipinski definition) is 1. The Morgan fingerprint density at radius 3 is 2.46 bits per heavy atom. The summed E-state index contributed by atoms with van der Waals surface area (Å²) in [4.78, 5) is 38.5. The third-order valence-corrected chi connectivity index (χ3v) is 4.55. The van der Waals surface area contributed by atoms with Crippen LogP contribution in [0.4, 0.5) is 0 Å². The number of hydrogen-bond acceptors (Lipinski definition) is 3. The summed E-state index contributed by atoms with van der Waals surface area (Å²) in [6.45, 7) is 4.52. The molecule has 26 heavy (non-hydrogen) atoms. The van der Waals surface area contributed by atoms with Crippen molar-refractivity contribution in [2.45, 2.75) is 20.4 Å². The Hall–Kier alpha value is -2.66. The van der Waals surface area contributed by atoms with Gasteiger partial charge in [0, 0.05) is 23.7 Å². The lowest BCUT2D eigenvalue weighted by atomic mass is 10.1. The molecule has 0 aromatic heterocycles. The van der Waals surface area contributed by atoms with Gasteiger partial charge in [0.2, 0.25) is 0 Å². The lowest BCUT2D eigenvalue weighted by Gasteiger charge is -2.15. The highest BCUT2D eigenvalue weighted by Crippen LogP contribution is 2.25. The number of imide groups is 1. The Kier molecular flexibility index (Phi) is 5.09. The van der Waals surface area contributed by atoms with Gasteiger partial charge in [-0.2, -0.15) is 0 Å². The Morgan fingerprint density at radius 1 is 1.08 bits per heavy atom. The third-order valence-electron chi connectivity index (χ3n) is 4.18. The summed E-state index contributed by atoms with van der Waals surface area (Å²) in [5.74, 6) is -0.799. The summed E-state index contributed by atoms with van der Waals surface area (Å²) in [5.41, 5.74) is 1.76. The zero-order chi connectivity index (χ0) is 18.8. The van der Waals surface area contributed by atoms with E-state index >= 15 is 0 Å². The van der Waals surface area contributed by atoms with Gasteiger partial charge in [-0.3, -0.25) is 19.3 Å². The van der Waals surface area contributed by atoms with Crippen LogP contribution in [-0.4, -0.2) is 29.2 Å².